The van der Waals surface area contributed by atoms with Crippen molar-refractivity contribution in [1.82, 2.24) is 0 Å². The predicted molar refractivity (Wildman–Crippen MR) is 174 cm³/mol. The summed E-state index contributed by atoms with van der Waals surface area (Å²) in [5, 5.41) is 0. The highest BCUT2D eigenvalue weighted by atomic mass is 19.1. The van der Waals surface area contributed by atoms with Gasteiger partial charge in [0.05, 0.1) is 0 Å². The van der Waals surface area contributed by atoms with Gasteiger partial charge in [-0.1, -0.05) is 80.1 Å². The van der Waals surface area contributed by atoms with Crippen LogP contribution in [0, 0.1) is 17.7 Å². The quantitative estimate of drug-likeness (QED) is 0.0611. The van der Waals surface area contributed by atoms with E-state index in [0.29, 0.717) is 16.9 Å². The van der Waals surface area contributed by atoms with Gasteiger partial charge in [0.15, 0.2) is 11.6 Å². The van der Waals surface area contributed by atoms with Crippen LogP contribution in [0.2, 0.25) is 0 Å². The van der Waals surface area contributed by atoms with Crippen molar-refractivity contribution in [3.8, 4) is 34.5 Å². The van der Waals surface area contributed by atoms with Crippen LogP contribution in [0.1, 0.15) is 46.5 Å². The Morgan fingerprint density at radius 3 is 1.91 bits per heavy atom. The molecule has 228 valence electrons. The number of Topliss-reactive ketones (excluding diaryl/α,β-unsaturated/α-hetero) is 1. The van der Waals surface area contributed by atoms with Crippen molar-refractivity contribution >= 4 is 23.5 Å². The minimum Gasteiger partial charge on any atom is -0.423 e. The Kier molecular flexibility index (Phi) is 10.4. The highest BCUT2D eigenvalue weighted by Crippen LogP contribution is 2.29. The molecule has 0 radical (unpaired) electrons. The molecule has 0 aliphatic rings. The minimum atomic E-state index is -0.922. The number of benzene rings is 4. The third kappa shape index (κ3) is 8.28. The molecular formula is C39H29FO6. The van der Waals surface area contributed by atoms with Gasteiger partial charge in [0, 0.05) is 34.8 Å². The van der Waals surface area contributed by atoms with E-state index >= 15 is 4.39 Å². The Hall–Kier alpha value is -6.13. The molecule has 46 heavy (non-hydrogen) atoms. The maximum absolute atomic E-state index is 15.5. The molecule has 0 aliphatic heterocycles. The fourth-order valence-corrected chi connectivity index (χ4v) is 4.16. The summed E-state index contributed by atoms with van der Waals surface area (Å²) in [7, 11) is 0. The average Bonchev–Trinajstić information content (AvgIpc) is 3.04. The summed E-state index contributed by atoms with van der Waals surface area (Å²) < 4.78 is 25.9. The zero-order valence-electron chi connectivity index (χ0n) is 25.3. The number of halogens is 1. The molecule has 4 rings (SSSR count). The molecule has 0 spiro atoms. The fraction of sp³-hybridized carbons (Fsp3) is 0.0769. The van der Waals surface area contributed by atoms with Gasteiger partial charge in [-0.3, -0.25) is 9.59 Å². The number of carbonyl (C=O) groups excluding carboxylic acids is 4. The Bertz CT molecular complexity index is 1940. The minimum absolute atomic E-state index is 0.0314. The summed E-state index contributed by atoms with van der Waals surface area (Å²) in [5.41, 5.74) is 3.72. The number of carbonyl (C=O) groups is 4. The second-order valence-corrected chi connectivity index (χ2v) is 10.4. The molecular weight excluding hydrogens is 583 g/mol. The van der Waals surface area contributed by atoms with Crippen molar-refractivity contribution in [2.24, 2.45) is 0 Å². The zero-order chi connectivity index (χ0) is 33.4. The van der Waals surface area contributed by atoms with E-state index in [4.69, 9.17) is 9.47 Å². The van der Waals surface area contributed by atoms with Gasteiger partial charge >= 0.3 is 11.9 Å². The molecule has 4 aromatic rings. The van der Waals surface area contributed by atoms with Crippen LogP contribution in [0.5, 0.6) is 11.5 Å². The van der Waals surface area contributed by atoms with Crippen molar-refractivity contribution in [2.75, 3.05) is 0 Å². The SMILES string of the molecule is C=CC(=O)Oc1cc(C#Cc2ccc(OC(=O)C(=C)C)cc2)cc(F)c1C(=O)c1ccc(-c2ccc(CC(=O)C(=C)C)cc2)cc1. The summed E-state index contributed by atoms with van der Waals surface area (Å²) >= 11 is 0. The maximum atomic E-state index is 15.5. The van der Waals surface area contributed by atoms with Crippen molar-refractivity contribution in [1.29, 1.82) is 0 Å². The number of hydrogen-bond acceptors (Lipinski definition) is 6. The molecule has 7 heteroatoms. The normalized spacial score (nSPS) is 10.2. The lowest BCUT2D eigenvalue weighted by Crippen LogP contribution is -2.12. The van der Waals surface area contributed by atoms with Crippen LogP contribution in [0.4, 0.5) is 4.39 Å². The molecule has 0 fully saturated rings. The summed E-state index contributed by atoms with van der Waals surface area (Å²) in [4.78, 5) is 49.2. The van der Waals surface area contributed by atoms with Crippen LogP contribution in [0.15, 0.2) is 122 Å². The molecule has 0 aromatic heterocycles. The smallest absolute Gasteiger partial charge is 0.338 e. The predicted octanol–water partition coefficient (Wildman–Crippen LogP) is 7.38. The molecule has 0 saturated heterocycles. The first-order chi connectivity index (χ1) is 21.9. The molecule has 0 N–H and O–H groups in total. The summed E-state index contributed by atoms with van der Waals surface area (Å²) in [6, 6.07) is 22.7. The van der Waals surface area contributed by atoms with Gasteiger partial charge in [0.2, 0.25) is 0 Å². The molecule has 0 heterocycles. The highest BCUT2D eigenvalue weighted by molar-refractivity contribution is 6.11. The Balaban J connectivity index is 1.58. The monoisotopic (exact) mass is 612 g/mol. The summed E-state index contributed by atoms with van der Waals surface area (Å²) in [6.07, 6.45) is 1.17. The molecule has 0 aliphatic carbocycles. The van der Waals surface area contributed by atoms with Gasteiger partial charge in [0.1, 0.15) is 22.9 Å². The zero-order valence-corrected chi connectivity index (χ0v) is 25.3. The Morgan fingerprint density at radius 2 is 1.35 bits per heavy atom. The first-order valence-electron chi connectivity index (χ1n) is 14.1. The van der Waals surface area contributed by atoms with Crippen molar-refractivity contribution in [2.45, 2.75) is 20.3 Å². The van der Waals surface area contributed by atoms with Crippen molar-refractivity contribution in [3.63, 3.8) is 0 Å². The lowest BCUT2D eigenvalue weighted by Gasteiger charge is -2.11. The number of esters is 2. The maximum Gasteiger partial charge on any atom is 0.338 e. The topological polar surface area (TPSA) is 86.7 Å². The molecule has 0 amide bonds. The first-order valence-corrected chi connectivity index (χ1v) is 14.1. The van der Waals surface area contributed by atoms with E-state index in [-0.39, 0.29) is 34.7 Å². The van der Waals surface area contributed by atoms with Crippen LogP contribution < -0.4 is 9.47 Å². The number of rotatable bonds is 10. The van der Waals surface area contributed by atoms with E-state index in [1.807, 2.05) is 24.3 Å². The molecule has 4 aromatic carbocycles. The lowest BCUT2D eigenvalue weighted by atomic mass is 9.96. The highest BCUT2D eigenvalue weighted by Gasteiger charge is 2.22. The van der Waals surface area contributed by atoms with Crippen LogP contribution in [0.25, 0.3) is 11.1 Å². The van der Waals surface area contributed by atoms with Crippen LogP contribution in [0.3, 0.4) is 0 Å². The molecule has 0 atom stereocenters. The third-order valence-electron chi connectivity index (χ3n) is 6.70. The summed E-state index contributed by atoms with van der Waals surface area (Å²) in [5.74, 6) is 2.60. The first kappa shape index (κ1) is 32.8. The van der Waals surface area contributed by atoms with E-state index in [2.05, 4.69) is 31.6 Å². The van der Waals surface area contributed by atoms with Gasteiger partial charge in [-0.15, -0.1) is 0 Å². The van der Waals surface area contributed by atoms with Crippen molar-refractivity contribution in [3.05, 3.63) is 156 Å². The van der Waals surface area contributed by atoms with Gasteiger partial charge in [-0.25, -0.2) is 14.0 Å². The number of ketones is 2. The average molecular weight is 613 g/mol. The number of hydrogen-bond donors (Lipinski definition) is 0. The molecule has 0 saturated carbocycles. The lowest BCUT2D eigenvalue weighted by molar-refractivity contribution is -0.130. The fourth-order valence-electron chi connectivity index (χ4n) is 4.16. The van der Waals surface area contributed by atoms with E-state index in [1.165, 1.54) is 13.0 Å². The van der Waals surface area contributed by atoms with Crippen LogP contribution >= 0.6 is 0 Å². The largest absolute Gasteiger partial charge is 0.423 e. The van der Waals surface area contributed by atoms with Gasteiger partial charge < -0.3 is 9.47 Å². The Morgan fingerprint density at radius 1 is 0.761 bits per heavy atom. The van der Waals surface area contributed by atoms with E-state index < -0.39 is 29.1 Å². The van der Waals surface area contributed by atoms with Crippen LogP contribution in [-0.2, 0) is 20.8 Å². The number of allylic oxidation sites excluding steroid dienone is 1. The number of ether oxygens (including phenoxy) is 2. The van der Waals surface area contributed by atoms with E-state index in [0.717, 1.165) is 28.8 Å². The van der Waals surface area contributed by atoms with Gasteiger partial charge in [-0.05, 0) is 72.5 Å². The third-order valence-corrected chi connectivity index (χ3v) is 6.70. The van der Waals surface area contributed by atoms with Crippen molar-refractivity contribution < 1.29 is 33.0 Å². The Labute approximate surface area is 266 Å². The van der Waals surface area contributed by atoms with Crippen LogP contribution in [-0.4, -0.2) is 23.5 Å². The molecule has 0 bridgehead atoms. The second kappa shape index (κ2) is 14.6. The van der Waals surface area contributed by atoms with Gasteiger partial charge in [-0.2, -0.15) is 0 Å². The van der Waals surface area contributed by atoms with E-state index in [9.17, 15) is 19.2 Å². The summed E-state index contributed by atoms with van der Waals surface area (Å²) in [6.45, 7) is 13.8. The second-order valence-electron chi connectivity index (χ2n) is 10.4. The standard InChI is InChI=1S/C39H29FO6/c1-6-36(42)46-35-23-28(8-7-26-11-19-32(20-12-26)45-39(44)25(4)5)21-33(40)37(35)38(43)31-17-15-30(16-18-31)29-13-9-27(10-14-29)22-34(41)24(2)3/h6,9-21,23H,1-2,4,22H2,3,5H3. The molecule has 6 nitrogen and oxygen atoms in total. The molecule has 0 unspecified atom stereocenters. The van der Waals surface area contributed by atoms with Gasteiger partial charge in [0.25, 0.3) is 0 Å². The van der Waals surface area contributed by atoms with E-state index in [1.54, 1.807) is 55.5 Å².